The maximum absolute atomic E-state index is 14.7. The van der Waals surface area contributed by atoms with Gasteiger partial charge in [0.25, 0.3) is 5.91 Å². The number of carbonyl (C=O) groups is 2. The zero-order valence-corrected chi connectivity index (χ0v) is 18.9. The van der Waals surface area contributed by atoms with Gasteiger partial charge in [0.15, 0.2) is 0 Å². The van der Waals surface area contributed by atoms with E-state index >= 15 is 0 Å². The maximum Gasteiger partial charge on any atom is 0.254 e. The van der Waals surface area contributed by atoms with E-state index in [-0.39, 0.29) is 16.3 Å². The molecule has 2 amide bonds. The van der Waals surface area contributed by atoms with Gasteiger partial charge in [-0.2, -0.15) is 0 Å². The van der Waals surface area contributed by atoms with Crippen LogP contribution in [0.15, 0.2) is 84.9 Å². The number of fused-ring (bicyclic) bond motifs is 1. The number of anilines is 2. The van der Waals surface area contributed by atoms with Gasteiger partial charge in [-0.1, -0.05) is 60.2 Å². The number of para-hydroxylation sites is 2. The molecule has 1 fully saturated rings. The van der Waals surface area contributed by atoms with Gasteiger partial charge in [-0.15, -0.1) is 0 Å². The molecule has 5 rings (SSSR count). The van der Waals surface area contributed by atoms with Crippen LogP contribution >= 0.6 is 11.6 Å². The third-order valence-electron chi connectivity index (χ3n) is 6.21. The minimum atomic E-state index is -1.53. The van der Waals surface area contributed by atoms with Crippen molar-refractivity contribution in [2.45, 2.75) is 18.2 Å². The van der Waals surface area contributed by atoms with Gasteiger partial charge >= 0.3 is 0 Å². The molecule has 2 aliphatic heterocycles. The average molecular weight is 496 g/mol. The Morgan fingerprint density at radius 3 is 2.26 bits per heavy atom. The van der Waals surface area contributed by atoms with E-state index < -0.39 is 47.6 Å². The van der Waals surface area contributed by atoms with Crippen molar-refractivity contribution in [3.8, 4) is 0 Å². The normalized spacial score (nSPS) is 22.9. The molecule has 2 aliphatic rings. The van der Waals surface area contributed by atoms with Crippen LogP contribution in [0.3, 0.4) is 0 Å². The van der Waals surface area contributed by atoms with Crippen molar-refractivity contribution in [3.05, 3.63) is 107 Å². The molecule has 4 atom stereocenters. The highest BCUT2D eigenvalue weighted by Gasteiger charge is 2.54. The summed E-state index contributed by atoms with van der Waals surface area (Å²) in [5.74, 6) is -3.25. The minimum Gasteiger partial charge on any atom is -0.386 e. The lowest BCUT2D eigenvalue weighted by atomic mass is 9.90. The molecule has 0 spiro atoms. The van der Waals surface area contributed by atoms with Gasteiger partial charge in [-0.3, -0.25) is 9.59 Å². The number of nitrogens with one attached hydrogen (secondary N) is 1. The zero-order valence-electron chi connectivity index (χ0n) is 18.2. The number of aliphatic hydroxyl groups excluding tert-OH is 1. The quantitative estimate of drug-likeness (QED) is 0.403. The molecule has 3 aromatic rings. The average Bonchev–Trinajstić information content (AvgIpc) is 3.11. The second kappa shape index (κ2) is 9.22. The first-order valence-corrected chi connectivity index (χ1v) is 11.3. The van der Waals surface area contributed by atoms with Gasteiger partial charge in [0.2, 0.25) is 5.91 Å². The Kier molecular flexibility index (Phi) is 6.10. The number of amides is 2. The molecule has 35 heavy (non-hydrogen) atoms. The Hall–Kier alpha value is -3.59. The molecule has 6 nitrogen and oxygen atoms in total. The number of carbonyl (C=O) groups excluding carboxylic acids is 2. The lowest BCUT2D eigenvalue weighted by molar-refractivity contribution is -0.123. The number of imide groups is 1. The summed E-state index contributed by atoms with van der Waals surface area (Å²) in [7, 11) is 0. The van der Waals surface area contributed by atoms with Crippen LogP contribution in [-0.4, -0.2) is 34.0 Å². The number of hydrogen-bond acceptors (Lipinski definition) is 5. The zero-order chi connectivity index (χ0) is 24.7. The van der Waals surface area contributed by atoms with E-state index in [1.54, 1.807) is 36.4 Å². The van der Waals surface area contributed by atoms with Crippen molar-refractivity contribution in [1.29, 1.82) is 0 Å². The van der Waals surface area contributed by atoms with E-state index in [9.17, 15) is 23.5 Å². The first-order chi connectivity index (χ1) is 16.9. The van der Waals surface area contributed by atoms with Crippen molar-refractivity contribution in [3.63, 3.8) is 0 Å². The molecule has 0 aromatic heterocycles. The van der Waals surface area contributed by atoms with Crippen LogP contribution in [0.25, 0.3) is 0 Å². The molecule has 0 saturated carbocycles. The second-order valence-corrected chi connectivity index (χ2v) is 8.68. The Bertz CT molecular complexity index is 1300. The molecular formula is C26H20ClF2N3O3. The van der Waals surface area contributed by atoms with Crippen LogP contribution in [0.2, 0.25) is 5.02 Å². The first-order valence-electron chi connectivity index (χ1n) is 10.9. The number of hydrazine groups is 1. The van der Waals surface area contributed by atoms with Crippen molar-refractivity contribution < 1.29 is 23.5 Å². The summed E-state index contributed by atoms with van der Waals surface area (Å²) in [6, 6.07) is 16.1. The van der Waals surface area contributed by atoms with Gasteiger partial charge in [0.1, 0.15) is 23.8 Å². The molecular weight excluding hydrogens is 476 g/mol. The fraction of sp³-hybridized carbons (Fsp3) is 0.154. The molecule has 178 valence electrons. The number of halogens is 3. The topological polar surface area (TPSA) is 72.9 Å². The number of aliphatic hydroxyl groups is 1. The number of rotatable bonds is 5. The van der Waals surface area contributed by atoms with Crippen molar-refractivity contribution >= 4 is 34.8 Å². The highest BCUT2D eigenvalue weighted by atomic mass is 35.5. The number of benzene rings is 3. The molecule has 2 heterocycles. The first kappa shape index (κ1) is 23.2. The van der Waals surface area contributed by atoms with Crippen molar-refractivity contribution in [2.24, 2.45) is 5.92 Å². The highest BCUT2D eigenvalue weighted by Crippen LogP contribution is 2.39. The molecule has 0 radical (unpaired) electrons. The van der Waals surface area contributed by atoms with Gasteiger partial charge in [0, 0.05) is 10.6 Å². The Morgan fingerprint density at radius 2 is 1.54 bits per heavy atom. The van der Waals surface area contributed by atoms with Crippen LogP contribution in [0.5, 0.6) is 0 Å². The number of nitrogens with zero attached hydrogens (tertiary/aromatic N) is 2. The van der Waals surface area contributed by atoms with Crippen LogP contribution in [0.4, 0.5) is 20.2 Å². The van der Waals surface area contributed by atoms with Gasteiger partial charge in [-0.05, 0) is 36.4 Å². The van der Waals surface area contributed by atoms with E-state index in [4.69, 9.17) is 11.6 Å². The summed E-state index contributed by atoms with van der Waals surface area (Å²) in [5.41, 5.74) is 3.12. The smallest absolute Gasteiger partial charge is 0.254 e. The van der Waals surface area contributed by atoms with Crippen LogP contribution in [0, 0.1) is 17.6 Å². The van der Waals surface area contributed by atoms with E-state index in [0.717, 1.165) is 11.0 Å². The molecule has 2 N–H and O–H groups in total. The molecule has 1 saturated heterocycles. The molecule has 0 bridgehead atoms. The lowest BCUT2D eigenvalue weighted by Gasteiger charge is -2.40. The molecule has 9 heteroatoms. The minimum absolute atomic E-state index is 0.00129. The third kappa shape index (κ3) is 3.99. The van der Waals surface area contributed by atoms with E-state index in [2.05, 4.69) is 5.43 Å². The van der Waals surface area contributed by atoms with Crippen LogP contribution in [0.1, 0.15) is 11.7 Å². The standard InChI is InChI=1S/C26H20ClF2N3O3/c27-17-9-6-11-19(29)22(17)24(33)21-14-13-16-23(32(21)30-20-12-5-4-10-18(20)28)26(35)31(25(16)34)15-7-2-1-3-8-15/h1-14,16,21,23-24,30,33H. The Labute approximate surface area is 205 Å². The van der Waals surface area contributed by atoms with Crippen LogP contribution < -0.4 is 10.3 Å². The van der Waals surface area contributed by atoms with Crippen LogP contribution in [-0.2, 0) is 9.59 Å². The highest BCUT2D eigenvalue weighted by molar-refractivity contribution is 6.31. The van der Waals surface area contributed by atoms with E-state index in [1.807, 2.05) is 0 Å². The van der Waals surface area contributed by atoms with E-state index in [1.165, 1.54) is 47.5 Å². The van der Waals surface area contributed by atoms with Gasteiger partial charge in [-0.25, -0.2) is 18.7 Å². The second-order valence-electron chi connectivity index (χ2n) is 8.27. The molecule has 0 aliphatic carbocycles. The predicted molar refractivity (Wildman–Crippen MR) is 127 cm³/mol. The fourth-order valence-electron chi connectivity index (χ4n) is 4.56. The SMILES string of the molecule is O=C1C2C=CC(C(O)c3c(F)cccc3Cl)N(Nc3ccccc3F)C2C(=O)N1c1ccccc1. The fourth-order valence-corrected chi connectivity index (χ4v) is 4.83. The maximum atomic E-state index is 14.7. The predicted octanol–water partition coefficient (Wildman–Crippen LogP) is 4.48. The third-order valence-corrected chi connectivity index (χ3v) is 6.54. The molecule has 4 unspecified atom stereocenters. The largest absolute Gasteiger partial charge is 0.386 e. The number of hydrogen-bond donors (Lipinski definition) is 2. The summed E-state index contributed by atoms with van der Waals surface area (Å²) >= 11 is 6.19. The summed E-state index contributed by atoms with van der Waals surface area (Å²) in [4.78, 5) is 27.9. The van der Waals surface area contributed by atoms with Crippen molar-refractivity contribution in [1.82, 2.24) is 5.01 Å². The van der Waals surface area contributed by atoms with Gasteiger partial charge < -0.3 is 10.5 Å². The summed E-state index contributed by atoms with van der Waals surface area (Å²) in [5, 5.41) is 12.5. The van der Waals surface area contributed by atoms with Gasteiger partial charge in [0.05, 0.1) is 23.3 Å². The van der Waals surface area contributed by atoms with E-state index in [0.29, 0.717) is 5.69 Å². The monoisotopic (exact) mass is 495 g/mol. The lowest BCUT2D eigenvalue weighted by Crippen LogP contribution is -2.55. The van der Waals surface area contributed by atoms with Crippen molar-refractivity contribution in [2.75, 3.05) is 10.3 Å². The Morgan fingerprint density at radius 1 is 0.857 bits per heavy atom. The summed E-state index contributed by atoms with van der Waals surface area (Å²) < 4.78 is 29.2. The summed E-state index contributed by atoms with van der Waals surface area (Å²) in [6.07, 6.45) is 1.49. The Balaban J connectivity index is 1.59. The molecule has 3 aromatic carbocycles. The summed E-state index contributed by atoms with van der Waals surface area (Å²) in [6.45, 7) is 0.